The van der Waals surface area contributed by atoms with E-state index in [1.807, 2.05) is 35.7 Å². The maximum absolute atomic E-state index is 4.71. The van der Waals surface area contributed by atoms with Crippen molar-refractivity contribution in [1.82, 2.24) is 25.0 Å². The normalized spacial score (nSPS) is 11.7. The Labute approximate surface area is 146 Å². The molecule has 0 atom stereocenters. The summed E-state index contributed by atoms with van der Waals surface area (Å²) in [5.74, 6) is 1.98. The van der Waals surface area contributed by atoms with Gasteiger partial charge in [0.05, 0.1) is 6.20 Å². The molecule has 2 rings (SSSR count). The molecule has 0 fully saturated rings. The number of aliphatic imine (C=N–C) groups is 1. The van der Waals surface area contributed by atoms with E-state index < -0.39 is 0 Å². The molecule has 0 saturated heterocycles. The van der Waals surface area contributed by atoms with E-state index in [1.165, 1.54) is 5.56 Å². The molecular weight excluding hydrogens is 328 g/mol. The highest BCUT2D eigenvalue weighted by Gasteiger charge is 2.07. The molecule has 0 aliphatic carbocycles. The second-order valence-corrected chi connectivity index (χ2v) is 7.35. The largest absolute Gasteiger partial charge is 0.357 e. The Bertz CT molecular complexity index is 593. The van der Waals surface area contributed by atoms with Crippen LogP contribution in [0, 0.1) is 0 Å². The predicted molar refractivity (Wildman–Crippen MR) is 98.1 cm³/mol. The molecule has 0 spiro atoms. The quantitative estimate of drug-likeness (QED) is 0.342. The summed E-state index contributed by atoms with van der Waals surface area (Å²) < 4.78 is 2.96. The van der Waals surface area contributed by atoms with Crippen molar-refractivity contribution in [2.24, 2.45) is 12.0 Å². The molecular formula is C15H24N6S2. The maximum atomic E-state index is 4.71. The van der Waals surface area contributed by atoms with Gasteiger partial charge < -0.3 is 10.2 Å². The fourth-order valence-electron chi connectivity index (χ4n) is 2.06. The van der Waals surface area contributed by atoms with Gasteiger partial charge in [-0.3, -0.25) is 9.67 Å². The van der Waals surface area contributed by atoms with Crippen molar-refractivity contribution in [2.75, 3.05) is 25.9 Å². The van der Waals surface area contributed by atoms with Gasteiger partial charge in [0.2, 0.25) is 0 Å². The summed E-state index contributed by atoms with van der Waals surface area (Å²) in [5, 5.41) is 9.56. The summed E-state index contributed by atoms with van der Waals surface area (Å²) in [4.78, 5) is 11.1. The lowest BCUT2D eigenvalue weighted by atomic mass is 10.3. The average Bonchev–Trinajstić information content (AvgIpc) is 3.17. The molecule has 6 nitrogen and oxygen atoms in total. The standard InChI is InChI=1S/C15H24N6S2/c1-4-16-14(20(2)11-13-10-19-21(3)12-13)17-6-5-8-22-15-18-7-9-23-15/h7,9-10,12H,4-6,8,11H2,1-3H3,(H,16,17). The first-order valence-corrected chi connectivity index (χ1v) is 9.55. The molecule has 0 unspecified atom stereocenters. The number of guanidine groups is 1. The average molecular weight is 353 g/mol. The third-order valence-electron chi connectivity index (χ3n) is 3.07. The fourth-order valence-corrected chi connectivity index (χ4v) is 3.69. The van der Waals surface area contributed by atoms with Crippen molar-refractivity contribution in [2.45, 2.75) is 24.2 Å². The highest BCUT2D eigenvalue weighted by Crippen LogP contribution is 2.20. The molecule has 1 N–H and O–H groups in total. The van der Waals surface area contributed by atoms with Gasteiger partial charge in [-0.05, 0) is 13.3 Å². The van der Waals surface area contributed by atoms with Gasteiger partial charge in [-0.2, -0.15) is 5.10 Å². The second kappa shape index (κ2) is 9.57. The van der Waals surface area contributed by atoms with Gasteiger partial charge in [0.15, 0.2) is 5.96 Å². The second-order valence-electron chi connectivity index (χ2n) is 5.11. The van der Waals surface area contributed by atoms with E-state index in [1.54, 1.807) is 23.1 Å². The van der Waals surface area contributed by atoms with Crippen LogP contribution in [0.4, 0.5) is 0 Å². The zero-order valence-electron chi connectivity index (χ0n) is 13.9. The summed E-state index contributed by atoms with van der Waals surface area (Å²) in [7, 11) is 3.99. The number of hydrogen-bond acceptors (Lipinski definition) is 5. The Morgan fingerprint density at radius 1 is 1.52 bits per heavy atom. The van der Waals surface area contributed by atoms with Crippen LogP contribution in [0.2, 0.25) is 0 Å². The molecule has 0 radical (unpaired) electrons. The third-order valence-corrected chi connectivity index (χ3v) is 5.13. The van der Waals surface area contributed by atoms with Crippen LogP contribution in [0.15, 0.2) is 33.3 Å². The van der Waals surface area contributed by atoms with Crippen LogP contribution in [0.3, 0.4) is 0 Å². The lowest BCUT2D eigenvalue weighted by molar-refractivity contribution is 0.476. The molecule has 0 aliphatic heterocycles. The Hall–Kier alpha value is -1.54. The Morgan fingerprint density at radius 2 is 2.39 bits per heavy atom. The summed E-state index contributed by atoms with van der Waals surface area (Å²) in [6, 6.07) is 0. The highest BCUT2D eigenvalue weighted by atomic mass is 32.2. The van der Waals surface area contributed by atoms with Gasteiger partial charge in [0.1, 0.15) is 4.34 Å². The van der Waals surface area contributed by atoms with E-state index in [4.69, 9.17) is 4.99 Å². The molecule has 0 aromatic carbocycles. The maximum Gasteiger partial charge on any atom is 0.193 e. The van der Waals surface area contributed by atoms with Crippen LogP contribution in [0.5, 0.6) is 0 Å². The number of aryl methyl sites for hydroxylation is 1. The lowest BCUT2D eigenvalue weighted by Crippen LogP contribution is -2.38. The van der Waals surface area contributed by atoms with Gasteiger partial charge >= 0.3 is 0 Å². The van der Waals surface area contributed by atoms with Crippen molar-refractivity contribution in [3.63, 3.8) is 0 Å². The number of rotatable bonds is 8. The first kappa shape index (κ1) is 17.8. The van der Waals surface area contributed by atoms with Crippen molar-refractivity contribution in [3.8, 4) is 0 Å². The number of nitrogens with one attached hydrogen (secondary N) is 1. The zero-order chi connectivity index (χ0) is 16.5. The van der Waals surface area contributed by atoms with Crippen molar-refractivity contribution >= 4 is 29.1 Å². The van der Waals surface area contributed by atoms with Crippen LogP contribution in [0.1, 0.15) is 18.9 Å². The van der Waals surface area contributed by atoms with E-state index in [9.17, 15) is 0 Å². The number of aromatic nitrogens is 3. The van der Waals surface area contributed by atoms with Gasteiger partial charge in [-0.15, -0.1) is 11.3 Å². The first-order valence-electron chi connectivity index (χ1n) is 7.68. The molecule has 2 aromatic heterocycles. The summed E-state index contributed by atoms with van der Waals surface area (Å²) in [5.41, 5.74) is 1.18. The van der Waals surface area contributed by atoms with Gasteiger partial charge in [0.25, 0.3) is 0 Å². The smallest absolute Gasteiger partial charge is 0.193 e. The molecule has 2 aromatic rings. The predicted octanol–water partition coefficient (Wildman–Crippen LogP) is 2.46. The summed E-state index contributed by atoms with van der Waals surface area (Å²) in [6.07, 6.45) is 6.82. The topological polar surface area (TPSA) is 58.3 Å². The molecule has 8 heteroatoms. The van der Waals surface area contributed by atoms with Crippen LogP contribution in [0.25, 0.3) is 0 Å². The summed E-state index contributed by atoms with van der Waals surface area (Å²) in [6.45, 7) is 4.57. The zero-order valence-corrected chi connectivity index (χ0v) is 15.5. The minimum Gasteiger partial charge on any atom is -0.357 e. The van der Waals surface area contributed by atoms with Crippen molar-refractivity contribution in [3.05, 3.63) is 29.5 Å². The minimum absolute atomic E-state index is 0.799. The van der Waals surface area contributed by atoms with Crippen LogP contribution < -0.4 is 5.32 Å². The van der Waals surface area contributed by atoms with E-state index >= 15 is 0 Å². The van der Waals surface area contributed by atoms with Crippen LogP contribution in [-0.2, 0) is 13.6 Å². The van der Waals surface area contributed by atoms with E-state index in [0.717, 1.165) is 42.1 Å². The van der Waals surface area contributed by atoms with Crippen LogP contribution in [-0.4, -0.2) is 51.5 Å². The van der Waals surface area contributed by atoms with Gasteiger partial charge in [-0.25, -0.2) is 4.98 Å². The lowest BCUT2D eigenvalue weighted by Gasteiger charge is -2.21. The molecule has 2 heterocycles. The van der Waals surface area contributed by atoms with Gasteiger partial charge in [0, 0.05) is 62.8 Å². The van der Waals surface area contributed by atoms with Crippen molar-refractivity contribution < 1.29 is 0 Å². The number of thiazole rings is 1. The van der Waals surface area contributed by atoms with Crippen LogP contribution >= 0.6 is 23.1 Å². The monoisotopic (exact) mass is 352 g/mol. The molecule has 0 saturated carbocycles. The minimum atomic E-state index is 0.799. The van der Waals surface area contributed by atoms with E-state index in [0.29, 0.717) is 0 Å². The SMILES string of the molecule is CCNC(=NCCCSc1nccs1)N(C)Cc1cnn(C)c1. The first-order chi connectivity index (χ1) is 11.2. The molecule has 0 bridgehead atoms. The molecule has 23 heavy (non-hydrogen) atoms. The Morgan fingerprint density at radius 3 is 3.04 bits per heavy atom. The molecule has 0 amide bonds. The molecule has 0 aliphatic rings. The number of thioether (sulfide) groups is 1. The third kappa shape index (κ3) is 6.23. The van der Waals surface area contributed by atoms with Crippen molar-refractivity contribution in [1.29, 1.82) is 0 Å². The Kier molecular flexibility index (Phi) is 7.41. The van der Waals surface area contributed by atoms with E-state index in [-0.39, 0.29) is 0 Å². The number of nitrogens with zero attached hydrogens (tertiary/aromatic N) is 5. The van der Waals surface area contributed by atoms with Gasteiger partial charge in [-0.1, -0.05) is 11.8 Å². The summed E-state index contributed by atoms with van der Waals surface area (Å²) >= 11 is 3.49. The highest BCUT2D eigenvalue weighted by molar-refractivity contribution is 8.00. The molecule has 126 valence electrons. The Balaban J connectivity index is 1.78. The van der Waals surface area contributed by atoms with E-state index in [2.05, 4.69) is 34.3 Å². The number of hydrogen-bond donors (Lipinski definition) is 1. The fraction of sp³-hybridized carbons (Fsp3) is 0.533.